The van der Waals surface area contributed by atoms with Gasteiger partial charge in [0.25, 0.3) is 5.91 Å². The molecule has 8 heteroatoms. The van der Waals surface area contributed by atoms with Crippen LogP contribution in [0.5, 0.6) is 5.75 Å². The monoisotopic (exact) mass is 301 g/mol. The summed E-state index contributed by atoms with van der Waals surface area (Å²) in [5.74, 6) is -2.21. The molecule has 21 heavy (non-hydrogen) atoms. The van der Waals surface area contributed by atoms with E-state index in [-0.39, 0.29) is 24.5 Å². The number of carbonyl (C=O) groups is 2. The average Bonchev–Trinajstić information content (AvgIpc) is 2.91. The van der Waals surface area contributed by atoms with Crippen LogP contribution in [-0.4, -0.2) is 35.8 Å². The van der Waals surface area contributed by atoms with E-state index in [1.54, 1.807) is 0 Å². The molecule has 1 aliphatic heterocycles. The predicted molar refractivity (Wildman–Crippen MR) is 67.3 cm³/mol. The smallest absolute Gasteiger partial charge is 0.387 e. The summed E-state index contributed by atoms with van der Waals surface area (Å²) in [6.45, 7) is -2.74. The van der Waals surface area contributed by atoms with Crippen LogP contribution in [0.25, 0.3) is 0 Å². The predicted octanol–water partition coefficient (Wildman–Crippen LogP) is 1.86. The normalized spacial score (nSPS) is 21.3. The van der Waals surface area contributed by atoms with Gasteiger partial charge in [0.05, 0.1) is 0 Å². The fraction of sp³-hybridized carbons (Fsp3) is 0.385. The number of rotatable bonds is 5. The van der Waals surface area contributed by atoms with E-state index in [9.17, 15) is 18.4 Å². The van der Waals surface area contributed by atoms with E-state index in [2.05, 4.69) is 10.1 Å². The third-order valence-electron chi connectivity index (χ3n) is 3.07. The van der Waals surface area contributed by atoms with Crippen molar-refractivity contribution in [3.8, 4) is 5.75 Å². The van der Waals surface area contributed by atoms with Crippen LogP contribution in [0.15, 0.2) is 24.3 Å². The molecule has 0 saturated carbocycles. The molecule has 0 bridgehead atoms. The first kappa shape index (κ1) is 15.2. The molecule has 0 radical (unpaired) electrons. The Balaban J connectivity index is 2.07. The molecule has 1 heterocycles. The molecular formula is C13H13F2NO5. The molecule has 2 rings (SSSR count). The van der Waals surface area contributed by atoms with Crippen molar-refractivity contribution in [3.63, 3.8) is 0 Å². The second-order valence-electron chi connectivity index (χ2n) is 4.44. The van der Waals surface area contributed by atoms with Gasteiger partial charge in [0.2, 0.25) is 5.60 Å². The Kier molecular flexibility index (Phi) is 4.37. The first-order valence-corrected chi connectivity index (χ1v) is 6.18. The van der Waals surface area contributed by atoms with Crippen LogP contribution in [0.2, 0.25) is 0 Å². The van der Waals surface area contributed by atoms with E-state index in [1.165, 1.54) is 24.3 Å². The summed E-state index contributed by atoms with van der Waals surface area (Å²) in [4.78, 5) is 23.3. The summed E-state index contributed by atoms with van der Waals surface area (Å²) in [5.41, 5.74) is -1.63. The van der Waals surface area contributed by atoms with E-state index in [1.807, 2.05) is 0 Å². The standard InChI is InChI=1S/C13H13F2NO5/c14-12(15)21-9-4-2-8(3-5-9)16-10(17)13(11(18)19)6-1-7-20-13/h2-5,12H,1,6-7H2,(H,16,17)(H,18,19). The maximum atomic E-state index is 12.1. The van der Waals surface area contributed by atoms with Gasteiger partial charge < -0.3 is 19.9 Å². The van der Waals surface area contributed by atoms with E-state index >= 15 is 0 Å². The van der Waals surface area contributed by atoms with Gasteiger partial charge in [-0.05, 0) is 37.1 Å². The number of anilines is 1. The Hall–Kier alpha value is -2.22. The second-order valence-corrected chi connectivity index (χ2v) is 4.44. The molecule has 2 N–H and O–H groups in total. The number of hydrogen-bond acceptors (Lipinski definition) is 4. The highest BCUT2D eigenvalue weighted by molar-refractivity contribution is 6.11. The van der Waals surface area contributed by atoms with Crippen LogP contribution in [0.1, 0.15) is 12.8 Å². The Bertz CT molecular complexity index is 526. The number of carbonyl (C=O) groups excluding carboxylic acids is 1. The molecule has 1 atom stereocenters. The number of carboxylic acid groups (broad SMARTS) is 1. The van der Waals surface area contributed by atoms with E-state index in [4.69, 9.17) is 9.84 Å². The minimum absolute atomic E-state index is 0.0620. The minimum atomic E-state index is -2.94. The van der Waals surface area contributed by atoms with Crippen molar-refractivity contribution in [1.29, 1.82) is 0 Å². The Labute approximate surface area is 118 Å². The summed E-state index contributed by atoms with van der Waals surface area (Å²) >= 11 is 0. The molecule has 0 spiro atoms. The van der Waals surface area contributed by atoms with Gasteiger partial charge in [0, 0.05) is 12.3 Å². The van der Waals surface area contributed by atoms with Crippen molar-refractivity contribution in [2.24, 2.45) is 0 Å². The third kappa shape index (κ3) is 3.27. The zero-order valence-corrected chi connectivity index (χ0v) is 10.8. The molecule has 1 fully saturated rings. The molecule has 0 aromatic heterocycles. The number of carboxylic acids is 1. The molecule has 1 saturated heterocycles. The average molecular weight is 301 g/mol. The number of ether oxygens (including phenoxy) is 2. The highest BCUT2D eigenvalue weighted by Gasteiger charge is 2.50. The number of alkyl halides is 2. The van der Waals surface area contributed by atoms with Gasteiger partial charge in [-0.2, -0.15) is 8.78 Å². The van der Waals surface area contributed by atoms with Gasteiger partial charge in [-0.15, -0.1) is 0 Å². The number of amides is 1. The van der Waals surface area contributed by atoms with Gasteiger partial charge in [-0.25, -0.2) is 4.79 Å². The largest absolute Gasteiger partial charge is 0.479 e. The summed E-state index contributed by atoms with van der Waals surface area (Å²) < 4.78 is 33.2. The lowest BCUT2D eigenvalue weighted by molar-refractivity contribution is -0.165. The molecule has 6 nitrogen and oxygen atoms in total. The van der Waals surface area contributed by atoms with Crippen molar-refractivity contribution in [2.45, 2.75) is 25.1 Å². The van der Waals surface area contributed by atoms with E-state index in [0.717, 1.165) is 0 Å². The first-order chi connectivity index (χ1) is 9.94. The van der Waals surface area contributed by atoms with Crippen LogP contribution in [0, 0.1) is 0 Å². The Morgan fingerprint density at radius 3 is 2.48 bits per heavy atom. The van der Waals surface area contributed by atoms with E-state index in [0.29, 0.717) is 6.42 Å². The summed E-state index contributed by atoms with van der Waals surface area (Å²) in [5, 5.41) is 11.6. The van der Waals surface area contributed by atoms with Crippen molar-refractivity contribution in [3.05, 3.63) is 24.3 Å². The van der Waals surface area contributed by atoms with Crippen molar-refractivity contribution in [2.75, 3.05) is 11.9 Å². The number of benzene rings is 1. The fourth-order valence-electron chi connectivity index (χ4n) is 2.04. The second kappa shape index (κ2) is 6.04. The Morgan fingerprint density at radius 2 is 2.00 bits per heavy atom. The summed E-state index contributed by atoms with van der Waals surface area (Å²) in [6.07, 6.45) is 0.557. The van der Waals surface area contributed by atoms with Gasteiger partial charge >= 0.3 is 12.6 Å². The molecule has 1 aromatic rings. The van der Waals surface area contributed by atoms with Gasteiger partial charge in [0.1, 0.15) is 5.75 Å². The zero-order chi connectivity index (χ0) is 15.5. The molecule has 0 aliphatic carbocycles. The lowest BCUT2D eigenvalue weighted by Crippen LogP contribution is -2.49. The number of aliphatic carboxylic acids is 1. The molecular weight excluding hydrogens is 288 g/mol. The maximum Gasteiger partial charge on any atom is 0.387 e. The first-order valence-electron chi connectivity index (χ1n) is 6.18. The maximum absolute atomic E-state index is 12.1. The SMILES string of the molecule is O=C(O)C1(C(=O)Nc2ccc(OC(F)F)cc2)CCCO1. The number of halogens is 2. The molecule has 1 aromatic carbocycles. The van der Waals surface area contributed by atoms with Crippen molar-refractivity contribution >= 4 is 17.6 Å². The number of nitrogens with one attached hydrogen (secondary N) is 1. The van der Waals surface area contributed by atoms with Crippen LogP contribution in [0.3, 0.4) is 0 Å². The van der Waals surface area contributed by atoms with Crippen LogP contribution in [-0.2, 0) is 14.3 Å². The van der Waals surface area contributed by atoms with Crippen molar-refractivity contribution < 1.29 is 33.0 Å². The molecule has 1 unspecified atom stereocenters. The minimum Gasteiger partial charge on any atom is -0.479 e. The highest BCUT2D eigenvalue weighted by atomic mass is 19.3. The lowest BCUT2D eigenvalue weighted by Gasteiger charge is -2.22. The van der Waals surface area contributed by atoms with Gasteiger partial charge in [-0.1, -0.05) is 0 Å². The topological polar surface area (TPSA) is 84.9 Å². The third-order valence-corrected chi connectivity index (χ3v) is 3.07. The van der Waals surface area contributed by atoms with Crippen LogP contribution >= 0.6 is 0 Å². The molecule has 114 valence electrons. The Morgan fingerprint density at radius 1 is 1.33 bits per heavy atom. The lowest BCUT2D eigenvalue weighted by atomic mass is 9.99. The molecule has 1 aliphatic rings. The fourth-order valence-corrected chi connectivity index (χ4v) is 2.04. The van der Waals surface area contributed by atoms with Crippen LogP contribution in [0.4, 0.5) is 14.5 Å². The highest BCUT2D eigenvalue weighted by Crippen LogP contribution is 2.28. The number of hydrogen-bond donors (Lipinski definition) is 2. The molecule has 1 amide bonds. The van der Waals surface area contributed by atoms with Crippen molar-refractivity contribution in [1.82, 2.24) is 0 Å². The van der Waals surface area contributed by atoms with E-state index < -0.39 is 24.1 Å². The quantitative estimate of drug-likeness (QED) is 0.811. The summed E-state index contributed by atoms with van der Waals surface area (Å²) in [7, 11) is 0. The van der Waals surface area contributed by atoms with Gasteiger partial charge in [-0.3, -0.25) is 4.79 Å². The van der Waals surface area contributed by atoms with Crippen LogP contribution < -0.4 is 10.1 Å². The summed E-state index contributed by atoms with van der Waals surface area (Å²) in [6, 6.07) is 5.15. The zero-order valence-electron chi connectivity index (χ0n) is 10.8. The van der Waals surface area contributed by atoms with Gasteiger partial charge in [0.15, 0.2) is 0 Å².